The molecule has 3 aromatic rings. The quantitative estimate of drug-likeness (QED) is 0.631. The topological polar surface area (TPSA) is 98.5 Å². The van der Waals surface area contributed by atoms with Gasteiger partial charge in [-0.05, 0) is 44.4 Å². The number of methoxy groups -OCH3 is 2. The number of nitrogens with one attached hydrogen (secondary N) is 2. The van der Waals surface area contributed by atoms with Crippen LogP contribution in [0.25, 0.3) is 11.1 Å². The second-order valence-corrected chi connectivity index (χ2v) is 7.52. The van der Waals surface area contributed by atoms with Crippen molar-refractivity contribution < 1.29 is 18.7 Å². The van der Waals surface area contributed by atoms with E-state index in [0.29, 0.717) is 46.3 Å². The highest BCUT2D eigenvalue weighted by Gasteiger charge is 2.38. The average Bonchev–Trinajstić information content (AvgIpc) is 3.33. The molecule has 152 valence electrons. The highest BCUT2D eigenvalue weighted by Crippen LogP contribution is 2.40. The summed E-state index contributed by atoms with van der Waals surface area (Å²) in [6.07, 6.45) is 3.58. The fraction of sp³-hybridized carbons (Fsp3) is 0.381. The molecule has 0 aliphatic heterocycles. The molecule has 0 unspecified atom stereocenters. The highest BCUT2D eigenvalue weighted by atomic mass is 16.5. The zero-order valence-electron chi connectivity index (χ0n) is 17.0. The number of amides is 1. The number of anilines is 1. The summed E-state index contributed by atoms with van der Waals surface area (Å²) in [5.41, 5.74) is 1.72. The Bertz CT molecular complexity index is 1050. The average molecular weight is 396 g/mol. The lowest BCUT2D eigenvalue weighted by Gasteiger charge is -2.13. The molecule has 0 radical (unpaired) electrons. The monoisotopic (exact) mass is 396 g/mol. The number of hydrogen-bond acceptors (Lipinski definition) is 7. The molecule has 0 atom stereocenters. The molecule has 2 N–H and O–H groups in total. The maximum atomic E-state index is 13.0. The third kappa shape index (κ3) is 3.83. The van der Waals surface area contributed by atoms with E-state index in [9.17, 15) is 4.79 Å². The van der Waals surface area contributed by atoms with Gasteiger partial charge in [-0.25, -0.2) is 9.97 Å². The number of hydrogen-bond donors (Lipinski definition) is 2. The van der Waals surface area contributed by atoms with E-state index < -0.39 is 0 Å². The van der Waals surface area contributed by atoms with E-state index in [1.807, 2.05) is 12.1 Å². The van der Waals surface area contributed by atoms with Crippen molar-refractivity contribution in [3.8, 4) is 11.5 Å². The van der Waals surface area contributed by atoms with Crippen LogP contribution in [0, 0.1) is 6.92 Å². The van der Waals surface area contributed by atoms with Gasteiger partial charge in [0.05, 0.1) is 25.2 Å². The van der Waals surface area contributed by atoms with Crippen molar-refractivity contribution >= 4 is 22.8 Å². The zero-order valence-corrected chi connectivity index (χ0v) is 17.0. The molecule has 1 amide bonds. The third-order valence-corrected chi connectivity index (χ3v) is 5.18. The van der Waals surface area contributed by atoms with Crippen molar-refractivity contribution in [1.82, 2.24) is 15.3 Å². The van der Waals surface area contributed by atoms with Crippen LogP contribution in [-0.4, -0.2) is 35.6 Å². The van der Waals surface area contributed by atoms with Crippen LogP contribution in [0.4, 0.5) is 5.82 Å². The van der Waals surface area contributed by atoms with Gasteiger partial charge in [-0.1, -0.05) is 0 Å². The van der Waals surface area contributed by atoms with Crippen molar-refractivity contribution in [3.05, 3.63) is 41.4 Å². The summed E-state index contributed by atoms with van der Waals surface area (Å²) < 4.78 is 16.3. The first-order valence-electron chi connectivity index (χ1n) is 9.45. The Morgan fingerprint density at radius 1 is 1.17 bits per heavy atom. The second kappa shape index (κ2) is 7.27. The van der Waals surface area contributed by atoms with E-state index in [1.54, 1.807) is 27.2 Å². The van der Waals surface area contributed by atoms with E-state index in [1.165, 1.54) is 6.33 Å². The zero-order chi connectivity index (χ0) is 20.6. The number of carbonyl (C=O) groups is 1. The number of nitrogens with zero attached hydrogens (tertiary/aromatic N) is 2. The molecule has 2 aromatic heterocycles. The molecule has 1 saturated carbocycles. The molecule has 4 rings (SSSR count). The van der Waals surface area contributed by atoms with Crippen LogP contribution in [-0.2, 0) is 6.54 Å². The molecule has 1 aliphatic rings. The van der Waals surface area contributed by atoms with E-state index in [-0.39, 0.29) is 11.4 Å². The number of furan rings is 1. The van der Waals surface area contributed by atoms with Crippen molar-refractivity contribution in [2.45, 2.75) is 38.8 Å². The van der Waals surface area contributed by atoms with Gasteiger partial charge in [0.2, 0.25) is 5.71 Å². The van der Waals surface area contributed by atoms with Crippen LogP contribution >= 0.6 is 0 Å². The van der Waals surface area contributed by atoms with E-state index >= 15 is 0 Å². The van der Waals surface area contributed by atoms with Gasteiger partial charge in [-0.2, -0.15) is 0 Å². The molecular formula is C21H24N4O4. The molecule has 8 heteroatoms. The van der Waals surface area contributed by atoms with Crippen LogP contribution in [0.15, 0.2) is 28.9 Å². The minimum absolute atomic E-state index is 0.0113. The smallest absolute Gasteiger partial charge is 0.255 e. The molecule has 29 heavy (non-hydrogen) atoms. The molecule has 1 fully saturated rings. The Morgan fingerprint density at radius 2 is 1.86 bits per heavy atom. The summed E-state index contributed by atoms with van der Waals surface area (Å²) in [6.45, 7) is 4.20. The summed E-state index contributed by atoms with van der Waals surface area (Å²) >= 11 is 0. The van der Waals surface area contributed by atoms with E-state index in [0.717, 1.165) is 18.4 Å². The maximum Gasteiger partial charge on any atom is 0.255 e. The van der Waals surface area contributed by atoms with Gasteiger partial charge in [-0.15, -0.1) is 0 Å². The molecule has 2 heterocycles. The van der Waals surface area contributed by atoms with E-state index in [4.69, 9.17) is 13.9 Å². The Balaban J connectivity index is 1.61. The number of aryl methyl sites for hydroxylation is 1. The number of aromatic nitrogens is 2. The molecule has 0 spiro atoms. The van der Waals surface area contributed by atoms with Gasteiger partial charge >= 0.3 is 0 Å². The first-order valence-corrected chi connectivity index (χ1v) is 9.45. The summed E-state index contributed by atoms with van der Waals surface area (Å²) in [4.78, 5) is 21.6. The minimum atomic E-state index is -0.248. The molecule has 1 aromatic carbocycles. The summed E-state index contributed by atoms with van der Waals surface area (Å²) in [5.74, 6) is 2.21. The normalized spacial score (nSPS) is 14.5. The predicted octanol–water partition coefficient (Wildman–Crippen LogP) is 3.44. The van der Waals surface area contributed by atoms with Crippen molar-refractivity contribution in [2.75, 3.05) is 19.5 Å². The number of carbonyl (C=O) groups excluding carboxylic acids is 1. The van der Waals surface area contributed by atoms with Crippen LogP contribution in [0.2, 0.25) is 0 Å². The van der Waals surface area contributed by atoms with E-state index in [2.05, 4.69) is 27.5 Å². The molecular weight excluding hydrogens is 372 g/mol. The third-order valence-electron chi connectivity index (χ3n) is 5.18. The number of benzene rings is 1. The Hall–Kier alpha value is -3.29. The van der Waals surface area contributed by atoms with Gasteiger partial charge in [-0.3, -0.25) is 4.79 Å². The van der Waals surface area contributed by atoms with Crippen LogP contribution in [0.1, 0.15) is 41.4 Å². The maximum absolute atomic E-state index is 13.0. The molecule has 1 aliphatic carbocycles. The van der Waals surface area contributed by atoms with Crippen molar-refractivity contribution in [3.63, 3.8) is 0 Å². The predicted molar refractivity (Wildman–Crippen MR) is 109 cm³/mol. The van der Waals surface area contributed by atoms with Gasteiger partial charge in [0.15, 0.2) is 0 Å². The van der Waals surface area contributed by atoms with Gasteiger partial charge in [0, 0.05) is 18.2 Å². The summed E-state index contributed by atoms with van der Waals surface area (Å²) in [6, 6.07) is 5.49. The van der Waals surface area contributed by atoms with Gasteiger partial charge in [0.1, 0.15) is 29.4 Å². The summed E-state index contributed by atoms with van der Waals surface area (Å²) in [7, 11) is 3.18. The largest absolute Gasteiger partial charge is 0.497 e. The lowest BCUT2D eigenvalue weighted by molar-refractivity contribution is 0.0950. The fourth-order valence-corrected chi connectivity index (χ4v) is 3.25. The van der Waals surface area contributed by atoms with Crippen LogP contribution in [0.3, 0.4) is 0 Å². The number of ether oxygens (including phenoxy) is 2. The standard InChI is InChI=1S/C21H24N4O4/c1-12-16(17-18(25-21(2)5-6-21)23-11-24-20(17)29-12)19(26)22-10-13-7-14(27-3)9-15(8-13)28-4/h7-9,11H,5-6,10H2,1-4H3,(H,22,26)(H,23,24,25). The number of fused-ring (bicyclic) bond motifs is 1. The molecule has 0 bridgehead atoms. The lowest BCUT2D eigenvalue weighted by Crippen LogP contribution is -2.24. The van der Waals surface area contributed by atoms with Gasteiger partial charge in [0.25, 0.3) is 5.91 Å². The highest BCUT2D eigenvalue weighted by molar-refractivity contribution is 6.10. The van der Waals surface area contributed by atoms with Crippen molar-refractivity contribution in [2.24, 2.45) is 0 Å². The fourth-order valence-electron chi connectivity index (χ4n) is 3.25. The van der Waals surface area contributed by atoms with Crippen LogP contribution in [0.5, 0.6) is 11.5 Å². The van der Waals surface area contributed by atoms with Crippen molar-refractivity contribution in [1.29, 1.82) is 0 Å². The minimum Gasteiger partial charge on any atom is -0.497 e. The number of rotatable bonds is 7. The molecule has 0 saturated heterocycles. The van der Waals surface area contributed by atoms with Crippen LogP contribution < -0.4 is 20.1 Å². The van der Waals surface area contributed by atoms with Gasteiger partial charge < -0.3 is 24.5 Å². The first kappa shape index (κ1) is 19.0. The lowest BCUT2D eigenvalue weighted by atomic mass is 10.1. The Labute approximate surface area is 168 Å². The first-order chi connectivity index (χ1) is 13.9. The molecule has 8 nitrogen and oxygen atoms in total. The Kier molecular flexibility index (Phi) is 4.77. The SMILES string of the molecule is COc1cc(CNC(=O)c2c(C)oc3ncnc(NC4(C)CC4)c23)cc(OC)c1. The summed E-state index contributed by atoms with van der Waals surface area (Å²) in [5, 5.41) is 6.98. The second-order valence-electron chi connectivity index (χ2n) is 7.52. The Morgan fingerprint density at radius 3 is 2.48 bits per heavy atom.